The van der Waals surface area contributed by atoms with Gasteiger partial charge in [0, 0.05) is 12.6 Å². The van der Waals surface area contributed by atoms with Gasteiger partial charge in [-0.3, -0.25) is 19.2 Å². The summed E-state index contributed by atoms with van der Waals surface area (Å²) >= 11 is 0. The molecule has 1 unspecified atom stereocenters. The largest absolute Gasteiger partial charge is 0.480 e. The predicted octanol–water partition coefficient (Wildman–Crippen LogP) is -2.22. The lowest BCUT2D eigenvalue weighted by Crippen LogP contribution is -2.34. The summed E-state index contributed by atoms with van der Waals surface area (Å²) in [7, 11) is 0. The first-order valence-corrected chi connectivity index (χ1v) is 5.93. The summed E-state index contributed by atoms with van der Waals surface area (Å²) in [5.41, 5.74) is 5.83. The number of urea groups is 1. The molecule has 0 spiro atoms. The quantitative estimate of drug-likeness (QED) is 0.501. The molecule has 1 fully saturated rings. The fraction of sp³-hybridized carbons (Fsp3) is 0.500. The van der Waals surface area contributed by atoms with Crippen molar-refractivity contribution in [3.63, 3.8) is 0 Å². The molecule has 1 saturated heterocycles. The summed E-state index contributed by atoms with van der Waals surface area (Å²) in [6, 6.07) is -1.46. The fourth-order valence-corrected chi connectivity index (χ4v) is 1.74. The van der Waals surface area contributed by atoms with Crippen LogP contribution in [0.2, 0.25) is 0 Å². The van der Waals surface area contributed by atoms with Gasteiger partial charge in [-0.2, -0.15) is 0 Å². The molecule has 1 atom stereocenters. The van der Waals surface area contributed by atoms with Gasteiger partial charge in [0.15, 0.2) is 0 Å². The van der Waals surface area contributed by atoms with E-state index in [0.29, 0.717) is 5.69 Å². The van der Waals surface area contributed by atoms with Gasteiger partial charge >= 0.3 is 12.0 Å². The van der Waals surface area contributed by atoms with Crippen LogP contribution in [-0.4, -0.2) is 62.0 Å². The highest BCUT2D eigenvalue weighted by molar-refractivity contribution is 6.01. The van der Waals surface area contributed by atoms with Gasteiger partial charge in [0.1, 0.15) is 6.04 Å². The zero-order valence-corrected chi connectivity index (χ0v) is 10.5. The molecule has 1 aromatic heterocycles. The third kappa shape index (κ3) is 3.09. The van der Waals surface area contributed by atoms with E-state index in [9.17, 15) is 14.4 Å². The number of nitrogens with zero attached hydrogens (tertiary/aromatic N) is 4. The number of nitrogens with two attached hydrogens (primary N) is 1. The second kappa shape index (κ2) is 5.65. The molecule has 0 bridgehead atoms. The number of aliphatic carboxylic acids is 1. The number of hydrogen-bond donors (Lipinski definition) is 3. The van der Waals surface area contributed by atoms with Gasteiger partial charge in [0.05, 0.1) is 25.3 Å². The van der Waals surface area contributed by atoms with E-state index in [-0.39, 0.29) is 32.0 Å². The van der Waals surface area contributed by atoms with Crippen LogP contribution in [0.1, 0.15) is 5.69 Å². The van der Waals surface area contributed by atoms with Crippen LogP contribution < -0.4 is 11.1 Å². The Morgan fingerprint density at radius 3 is 2.85 bits per heavy atom. The van der Waals surface area contributed by atoms with Crippen molar-refractivity contribution in [2.45, 2.75) is 19.0 Å². The number of amides is 3. The summed E-state index contributed by atoms with van der Waals surface area (Å²) in [4.78, 5) is 34.3. The van der Waals surface area contributed by atoms with Gasteiger partial charge in [0.2, 0.25) is 5.91 Å². The molecule has 0 aliphatic carbocycles. The Morgan fingerprint density at radius 2 is 2.25 bits per heavy atom. The van der Waals surface area contributed by atoms with Crippen LogP contribution in [0.25, 0.3) is 0 Å². The Bertz CT molecular complexity index is 526. The molecular formula is C10H14N6O4. The molecule has 10 nitrogen and oxygen atoms in total. The standard InChI is InChI=1S/C10H14N6O4/c11-7(9(18)19)3-6-5-15(14-13-6)1-2-16-8(17)4-12-10(16)20/h5,7H,1-4,11H2,(H,12,20)(H,18,19). The Kier molecular flexibility index (Phi) is 3.94. The maximum atomic E-state index is 11.3. The molecule has 0 saturated carbocycles. The Labute approximate surface area is 113 Å². The van der Waals surface area contributed by atoms with Crippen molar-refractivity contribution < 1.29 is 19.5 Å². The van der Waals surface area contributed by atoms with E-state index in [1.54, 1.807) is 6.20 Å². The molecule has 1 aromatic rings. The van der Waals surface area contributed by atoms with Crippen molar-refractivity contribution in [1.29, 1.82) is 0 Å². The lowest BCUT2D eigenvalue weighted by Gasteiger charge is -2.11. The molecule has 3 amide bonds. The average molecular weight is 282 g/mol. The highest BCUT2D eigenvalue weighted by Crippen LogP contribution is 2.01. The maximum absolute atomic E-state index is 11.3. The maximum Gasteiger partial charge on any atom is 0.324 e. The number of carboxylic acids is 1. The molecule has 0 aromatic carbocycles. The number of rotatable bonds is 6. The van der Waals surface area contributed by atoms with Gasteiger partial charge in [-0.15, -0.1) is 5.10 Å². The molecule has 0 radical (unpaired) electrons. The van der Waals surface area contributed by atoms with Crippen LogP contribution in [0.15, 0.2) is 6.20 Å². The SMILES string of the molecule is NC(Cc1cn(CCN2C(=O)CNC2=O)nn1)C(=O)O. The first-order valence-electron chi connectivity index (χ1n) is 5.93. The summed E-state index contributed by atoms with van der Waals surface area (Å²) < 4.78 is 1.43. The summed E-state index contributed by atoms with van der Waals surface area (Å²) in [6.07, 6.45) is 1.61. The minimum absolute atomic E-state index is 0.00883. The van der Waals surface area contributed by atoms with E-state index in [0.717, 1.165) is 4.90 Å². The van der Waals surface area contributed by atoms with E-state index in [1.165, 1.54) is 4.68 Å². The third-order valence-electron chi connectivity index (χ3n) is 2.82. The fourth-order valence-electron chi connectivity index (χ4n) is 1.74. The van der Waals surface area contributed by atoms with Crippen molar-refractivity contribution in [2.75, 3.05) is 13.1 Å². The number of aromatic nitrogens is 3. The molecule has 1 aliphatic rings. The van der Waals surface area contributed by atoms with Crippen molar-refractivity contribution in [3.8, 4) is 0 Å². The Morgan fingerprint density at radius 1 is 1.50 bits per heavy atom. The molecule has 10 heteroatoms. The zero-order valence-electron chi connectivity index (χ0n) is 10.5. The predicted molar refractivity (Wildman–Crippen MR) is 64.4 cm³/mol. The molecule has 2 rings (SSSR count). The van der Waals surface area contributed by atoms with Crippen LogP contribution in [0, 0.1) is 0 Å². The van der Waals surface area contributed by atoms with Crippen molar-refractivity contribution in [3.05, 3.63) is 11.9 Å². The second-order valence-corrected chi connectivity index (χ2v) is 4.33. The summed E-state index contributed by atoms with van der Waals surface area (Å²) in [5, 5.41) is 18.7. The first kappa shape index (κ1) is 13.9. The summed E-state index contributed by atoms with van der Waals surface area (Å²) in [5.74, 6) is -1.40. The van der Waals surface area contributed by atoms with Crippen LogP contribution in [0.5, 0.6) is 0 Å². The lowest BCUT2D eigenvalue weighted by atomic mass is 10.2. The van der Waals surface area contributed by atoms with Crippen molar-refractivity contribution in [1.82, 2.24) is 25.2 Å². The van der Waals surface area contributed by atoms with Gasteiger partial charge in [-0.05, 0) is 0 Å². The highest BCUT2D eigenvalue weighted by atomic mass is 16.4. The number of carboxylic acid groups (broad SMARTS) is 1. The molecule has 20 heavy (non-hydrogen) atoms. The Balaban J connectivity index is 1.88. The van der Waals surface area contributed by atoms with Gasteiger partial charge < -0.3 is 16.2 Å². The number of carbonyl (C=O) groups excluding carboxylic acids is 2. The van der Waals surface area contributed by atoms with Crippen LogP contribution in [0.4, 0.5) is 4.79 Å². The number of imide groups is 1. The molecular weight excluding hydrogens is 268 g/mol. The smallest absolute Gasteiger partial charge is 0.324 e. The monoisotopic (exact) mass is 282 g/mol. The van der Waals surface area contributed by atoms with Crippen LogP contribution in [-0.2, 0) is 22.6 Å². The second-order valence-electron chi connectivity index (χ2n) is 4.33. The zero-order chi connectivity index (χ0) is 14.7. The van der Waals surface area contributed by atoms with Gasteiger partial charge in [-0.1, -0.05) is 5.21 Å². The molecule has 4 N–H and O–H groups in total. The van der Waals surface area contributed by atoms with Gasteiger partial charge in [-0.25, -0.2) is 4.79 Å². The number of hydrogen-bond acceptors (Lipinski definition) is 6. The van der Waals surface area contributed by atoms with E-state index in [1.807, 2.05) is 0 Å². The van der Waals surface area contributed by atoms with Crippen LogP contribution >= 0.6 is 0 Å². The third-order valence-corrected chi connectivity index (χ3v) is 2.82. The average Bonchev–Trinajstić information content (AvgIpc) is 2.95. The highest BCUT2D eigenvalue weighted by Gasteiger charge is 2.27. The summed E-state index contributed by atoms with van der Waals surface area (Å²) in [6.45, 7) is 0.474. The van der Waals surface area contributed by atoms with E-state index >= 15 is 0 Å². The molecule has 2 heterocycles. The van der Waals surface area contributed by atoms with E-state index < -0.39 is 18.0 Å². The van der Waals surface area contributed by atoms with Crippen molar-refractivity contribution >= 4 is 17.9 Å². The van der Waals surface area contributed by atoms with Gasteiger partial charge in [0.25, 0.3) is 0 Å². The first-order chi connectivity index (χ1) is 9.47. The molecule has 1 aliphatic heterocycles. The van der Waals surface area contributed by atoms with E-state index in [4.69, 9.17) is 10.8 Å². The normalized spacial score (nSPS) is 16.4. The minimum atomic E-state index is -1.11. The molecule has 108 valence electrons. The van der Waals surface area contributed by atoms with E-state index in [2.05, 4.69) is 15.6 Å². The number of carbonyl (C=O) groups is 3. The lowest BCUT2D eigenvalue weighted by molar-refractivity contribution is -0.138. The topological polar surface area (TPSA) is 143 Å². The van der Waals surface area contributed by atoms with Crippen LogP contribution in [0.3, 0.4) is 0 Å². The van der Waals surface area contributed by atoms with Crippen molar-refractivity contribution in [2.24, 2.45) is 5.73 Å². The number of nitrogens with one attached hydrogen (secondary N) is 1. The minimum Gasteiger partial charge on any atom is -0.480 e. The Hall–Kier alpha value is -2.49.